The lowest BCUT2D eigenvalue weighted by Crippen LogP contribution is -2.28. The molecule has 1 aromatic rings. The number of hydrogen-bond acceptors (Lipinski definition) is 5. The van der Waals surface area contributed by atoms with Gasteiger partial charge in [0, 0.05) is 25.9 Å². The zero-order valence-electron chi connectivity index (χ0n) is 8.12. The minimum absolute atomic E-state index is 0.0304. The third-order valence-electron chi connectivity index (χ3n) is 1.68. The molecule has 78 valence electrons. The van der Waals surface area contributed by atoms with Crippen LogP contribution in [-0.2, 0) is 11.2 Å². The molecule has 0 fully saturated rings. The summed E-state index contributed by atoms with van der Waals surface area (Å²) in [7, 11) is 1.81. The van der Waals surface area contributed by atoms with Crippen LogP contribution in [-0.4, -0.2) is 36.2 Å². The molecule has 1 heterocycles. The van der Waals surface area contributed by atoms with Crippen molar-refractivity contribution in [1.29, 1.82) is 0 Å². The van der Waals surface area contributed by atoms with E-state index in [1.807, 2.05) is 7.05 Å². The maximum Gasteiger partial charge on any atom is 0.221 e. The van der Waals surface area contributed by atoms with Crippen molar-refractivity contribution in [1.82, 2.24) is 20.8 Å². The Bertz CT molecular complexity index is 260. The molecule has 6 nitrogen and oxygen atoms in total. The Morgan fingerprint density at radius 2 is 2.43 bits per heavy atom. The fourth-order valence-electron chi connectivity index (χ4n) is 0.943. The first kappa shape index (κ1) is 10.6. The Balaban J connectivity index is 2.06. The highest BCUT2D eigenvalue weighted by Gasteiger charge is 2.01. The number of nitrogens with zero attached hydrogens (tertiary/aromatic N) is 2. The van der Waals surface area contributed by atoms with Gasteiger partial charge in [0.1, 0.15) is 0 Å². The van der Waals surface area contributed by atoms with Gasteiger partial charge in [-0.05, 0) is 7.05 Å². The predicted octanol–water partition coefficient (Wildman–Crippen LogP) is -0.662. The van der Waals surface area contributed by atoms with E-state index in [0.29, 0.717) is 31.8 Å². The first-order valence-corrected chi connectivity index (χ1v) is 4.49. The van der Waals surface area contributed by atoms with Crippen molar-refractivity contribution in [2.75, 3.05) is 20.1 Å². The number of carbonyl (C=O) groups is 1. The van der Waals surface area contributed by atoms with Gasteiger partial charge in [0.25, 0.3) is 0 Å². The van der Waals surface area contributed by atoms with Crippen molar-refractivity contribution in [2.24, 2.45) is 0 Å². The molecule has 0 saturated heterocycles. The molecule has 0 bridgehead atoms. The van der Waals surface area contributed by atoms with Gasteiger partial charge in [0.2, 0.25) is 12.3 Å². The van der Waals surface area contributed by atoms with Crippen LogP contribution in [0.15, 0.2) is 10.9 Å². The molecule has 0 aliphatic carbocycles. The highest BCUT2D eigenvalue weighted by atomic mass is 16.5. The second kappa shape index (κ2) is 6.09. The lowest BCUT2D eigenvalue weighted by Gasteiger charge is -2.02. The summed E-state index contributed by atoms with van der Waals surface area (Å²) in [5.41, 5.74) is 0. The van der Waals surface area contributed by atoms with Gasteiger partial charge >= 0.3 is 0 Å². The molecule has 2 N–H and O–H groups in total. The third kappa shape index (κ3) is 3.99. The normalized spacial score (nSPS) is 10.1. The Hall–Kier alpha value is -1.43. The van der Waals surface area contributed by atoms with E-state index in [2.05, 4.69) is 25.3 Å². The molecule has 1 rings (SSSR count). The third-order valence-corrected chi connectivity index (χ3v) is 1.68. The van der Waals surface area contributed by atoms with Crippen molar-refractivity contribution in [2.45, 2.75) is 12.8 Å². The van der Waals surface area contributed by atoms with Crippen LogP contribution >= 0.6 is 0 Å². The number of carbonyl (C=O) groups excluding carboxylic acids is 1. The van der Waals surface area contributed by atoms with E-state index >= 15 is 0 Å². The highest BCUT2D eigenvalue weighted by Crippen LogP contribution is 1.88. The smallest absolute Gasteiger partial charge is 0.221 e. The topological polar surface area (TPSA) is 80.0 Å². The van der Waals surface area contributed by atoms with Crippen LogP contribution in [0, 0.1) is 0 Å². The van der Waals surface area contributed by atoms with Crippen LogP contribution in [0.1, 0.15) is 12.2 Å². The van der Waals surface area contributed by atoms with Gasteiger partial charge in [0.15, 0.2) is 5.82 Å². The molecule has 1 aromatic heterocycles. The molecule has 0 radical (unpaired) electrons. The molecule has 0 atom stereocenters. The molecule has 0 aliphatic rings. The van der Waals surface area contributed by atoms with Gasteiger partial charge in [-0.1, -0.05) is 5.16 Å². The minimum atomic E-state index is 0.0304. The van der Waals surface area contributed by atoms with Crippen LogP contribution in [0.5, 0.6) is 0 Å². The number of nitrogens with one attached hydrogen (secondary N) is 2. The van der Waals surface area contributed by atoms with Crippen molar-refractivity contribution < 1.29 is 9.32 Å². The number of rotatable bonds is 6. The summed E-state index contributed by atoms with van der Waals surface area (Å²) in [4.78, 5) is 14.9. The van der Waals surface area contributed by atoms with Crippen LogP contribution in [0.2, 0.25) is 0 Å². The Morgan fingerprint density at radius 1 is 1.57 bits per heavy atom. The molecule has 14 heavy (non-hydrogen) atoms. The average molecular weight is 198 g/mol. The summed E-state index contributed by atoms with van der Waals surface area (Å²) in [5, 5.41) is 9.28. The molecular formula is C8H14N4O2. The number of hydrogen-bond donors (Lipinski definition) is 2. The van der Waals surface area contributed by atoms with E-state index in [9.17, 15) is 4.79 Å². The van der Waals surface area contributed by atoms with Crippen molar-refractivity contribution in [3.8, 4) is 0 Å². The van der Waals surface area contributed by atoms with E-state index in [1.165, 1.54) is 6.39 Å². The summed E-state index contributed by atoms with van der Waals surface area (Å²) < 4.78 is 4.55. The summed E-state index contributed by atoms with van der Waals surface area (Å²) in [6.45, 7) is 1.23. The zero-order valence-corrected chi connectivity index (χ0v) is 8.12. The lowest BCUT2D eigenvalue weighted by atomic mass is 10.3. The van der Waals surface area contributed by atoms with Crippen molar-refractivity contribution >= 4 is 5.91 Å². The number of amides is 1. The standard InChI is InChI=1S/C8H14N4O2/c1-9-4-3-8(13)10-5-2-7-11-6-14-12-7/h6,9H,2-5H2,1H3,(H,10,13). The van der Waals surface area contributed by atoms with Crippen LogP contribution in [0.25, 0.3) is 0 Å². The van der Waals surface area contributed by atoms with Crippen LogP contribution in [0.3, 0.4) is 0 Å². The summed E-state index contributed by atoms with van der Waals surface area (Å²) >= 11 is 0. The van der Waals surface area contributed by atoms with Crippen LogP contribution < -0.4 is 10.6 Å². The minimum Gasteiger partial charge on any atom is -0.356 e. The SMILES string of the molecule is CNCCC(=O)NCCc1ncon1. The average Bonchev–Trinajstić information content (AvgIpc) is 2.67. The largest absolute Gasteiger partial charge is 0.356 e. The second-order valence-electron chi connectivity index (χ2n) is 2.80. The molecule has 0 aromatic carbocycles. The molecule has 0 saturated carbocycles. The Kier molecular flexibility index (Phi) is 4.63. The molecule has 0 unspecified atom stereocenters. The predicted molar refractivity (Wildman–Crippen MR) is 49.6 cm³/mol. The quantitative estimate of drug-likeness (QED) is 0.634. The van der Waals surface area contributed by atoms with Gasteiger partial charge in [-0.2, -0.15) is 4.98 Å². The fourth-order valence-corrected chi connectivity index (χ4v) is 0.943. The first-order chi connectivity index (χ1) is 6.83. The number of aromatic nitrogens is 2. The highest BCUT2D eigenvalue weighted by molar-refractivity contribution is 5.75. The Morgan fingerprint density at radius 3 is 3.07 bits per heavy atom. The van der Waals surface area contributed by atoms with E-state index in [0.717, 1.165) is 0 Å². The maximum atomic E-state index is 11.1. The molecule has 6 heteroatoms. The van der Waals surface area contributed by atoms with Crippen molar-refractivity contribution in [3.05, 3.63) is 12.2 Å². The fraction of sp³-hybridized carbons (Fsp3) is 0.625. The lowest BCUT2D eigenvalue weighted by molar-refractivity contribution is -0.120. The van der Waals surface area contributed by atoms with Gasteiger partial charge in [-0.25, -0.2) is 0 Å². The molecule has 1 amide bonds. The van der Waals surface area contributed by atoms with E-state index in [1.54, 1.807) is 0 Å². The first-order valence-electron chi connectivity index (χ1n) is 4.49. The molecule has 0 aliphatic heterocycles. The van der Waals surface area contributed by atoms with E-state index in [4.69, 9.17) is 0 Å². The van der Waals surface area contributed by atoms with Crippen LogP contribution in [0.4, 0.5) is 0 Å². The van der Waals surface area contributed by atoms with Gasteiger partial charge in [0.05, 0.1) is 0 Å². The molecule has 0 spiro atoms. The van der Waals surface area contributed by atoms with Gasteiger partial charge in [-0.15, -0.1) is 0 Å². The maximum absolute atomic E-state index is 11.1. The molecular weight excluding hydrogens is 184 g/mol. The zero-order chi connectivity index (χ0) is 10.2. The second-order valence-corrected chi connectivity index (χ2v) is 2.80. The summed E-state index contributed by atoms with van der Waals surface area (Å²) in [6.07, 6.45) is 2.36. The monoisotopic (exact) mass is 198 g/mol. The van der Waals surface area contributed by atoms with Gasteiger partial charge < -0.3 is 15.2 Å². The van der Waals surface area contributed by atoms with E-state index < -0.39 is 0 Å². The van der Waals surface area contributed by atoms with E-state index in [-0.39, 0.29) is 5.91 Å². The van der Waals surface area contributed by atoms with Gasteiger partial charge in [-0.3, -0.25) is 4.79 Å². The Labute approximate surface area is 82.1 Å². The summed E-state index contributed by atoms with van der Waals surface area (Å²) in [5.74, 6) is 0.641. The summed E-state index contributed by atoms with van der Waals surface area (Å²) in [6, 6.07) is 0. The van der Waals surface area contributed by atoms with Crippen molar-refractivity contribution in [3.63, 3.8) is 0 Å².